The number of sulfone groups is 1. The van der Waals surface area contributed by atoms with Crippen LogP contribution < -0.4 is 5.32 Å². The maximum absolute atomic E-state index is 13.0. The van der Waals surface area contributed by atoms with Gasteiger partial charge in [0, 0.05) is 6.42 Å². The van der Waals surface area contributed by atoms with Crippen LogP contribution in [0.15, 0.2) is 0 Å². The number of aliphatic hydroxyl groups is 6. The largest absolute Gasteiger partial charge is 0.394 e. The first-order valence-electron chi connectivity index (χ1n) is 21.3. The van der Waals surface area contributed by atoms with Crippen molar-refractivity contribution in [1.29, 1.82) is 0 Å². The van der Waals surface area contributed by atoms with Crippen molar-refractivity contribution in [1.82, 2.24) is 5.32 Å². The normalized spacial score (nSPS) is 25.2. The number of hydrogen-bond acceptors (Lipinski definition) is 11. The average Bonchev–Trinajstić information content (AvgIpc) is 3.14. The molecular formula is C40H77NO11S. The van der Waals surface area contributed by atoms with Gasteiger partial charge in [-0.25, -0.2) is 8.42 Å². The minimum absolute atomic E-state index is 0.245. The number of aliphatic hydroxyl groups excluding tert-OH is 6. The van der Waals surface area contributed by atoms with Gasteiger partial charge in [0.25, 0.3) is 0 Å². The van der Waals surface area contributed by atoms with E-state index in [0.29, 0.717) is 30.3 Å². The smallest absolute Gasteiger partial charge is 0.220 e. The third-order valence-corrected chi connectivity index (χ3v) is 13.0. The van der Waals surface area contributed by atoms with Gasteiger partial charge >= 0.3 is 0 Å². The number of ether oxygens (including phenoxy) is 2. The van der Waals surface area contributed by atoms with Crippen LogP contribution in [-0.4, -0.2) is 119 Å². The van der Waals surface area contributed by atoms with Crippen LogP contribution in [0, 0.1) is 5.92 Å². The van der Waals surface area contributed by atoms with Crippen LogP contribution in [0.25, 0.3) is 0 Å². The fourth-order valence-electron chi connectivity index (χ4n) is 7.55. The highest BCUT2D eigenvalue weighted by molar-refractivity contribution is 7.91. The molecule has 2 rings (SSSR count). The molecule has 2 fully saturated rings. The topological polar surface area (TPSA) is 203 Å². The summed E-state index contributed by atoms with van der Waals surface area (Å²) in [5, 5.41) is 64.9. The van der Waals surface area contributed by atoms with E-state index in [4.69, 9.17) is 9.47 Å². The number of hydrogen-bond donors (Lipinski definition) is 7. The number of rotatable bonds is 31. The molecule has 0 bridgehead atoms. The first-order chi connectivity index (χ1) is 25.5. The van der Waals surface area contributed by atoms with Gasteiger partial charge in [-0.2, -0.15) is 0 Å². The lowest BCUT2D eigenvalue weighted by Gasteiger charge is -2.40. The van der Waals surface area contributed by atoms with Crippen molar-refractivity contribution >= 4 is 15.7 Å². The molecule has 8 atom stereocenters. The van der Waals surface area contributed by atoms with Crippen molar-refractivity contribution in [2.45, 2.75) is 216 Å². The van der Waals surface area contributed by atoms with Gasteiger partial charge in [-0.3, -0.25) is 4.79 Å². The lowest BCUT2D eigenvalue weighted by atomic mass is 9.95. The Kier molecular flexibility index (Phi) is 25.9. The zero-order valence-corrected chi connectivity index (χ0v) is 33.7. The van der Waals surface area contributed by atoms with Gasteiger partial charge in [-0.05, 0) is 31.6 Å². The minimum atomic E-state index is -2.80. The molecule has 2 aliphatic rings. The number of carbonyl (C=O) groups excluding carboxylic acids is 1. The zero-order chi connectivity index (χ0) is 38.9. The van der Waals surface area contributed by atoms with E-state index in [0.717, 1.165) is 89.9 Å². The number of unbranched alkanes of at least 4 members (excludes halogenated alkanes) is 18. The summed E-state index contributed by atoms with van der Waals surface area (Å²) < 4.78 is 34.3. The molecule has 12 nitrogen and oxygen atoms in total. The summed E-state index contributed by atoms with van der Waals surface area (Å²) in [4.78, 5) is 13.0. The summed E-state index contributed by atoms with van der Waals surface area (Å²) in [6.07, 6.45) is 16.0. The lowest BCUT2D eigenvalue weighted by Crippen LogP contribution is -2.60. The Hall–Kier alpha value is -0.900. The number of amides is 1. The first-order valence-corrected chi connectivity index (χ1v) is 23.1. The van der Waals surface area contributed by atoms with Gasteiger partial charge in [0.1, 0.15) is 40.4 Å². The first kappa shape index (κ1) is 48.2. The Morgan fingerprint density at radius 2 is 1.25 bits per heavy atom. The summed E-state index contributed by atoms with van der Waals surface area (Å²) in [5.74, 6) is 0.939. The van der Waals surface area contributed by atoms with E-state index >= 15 is 0 Å². The highest BCUT2D eigenvalue weighted by Gasteiger charge is 2.44. The fraction of sp³-hybridized carbons (Fsp3) is 0.975. The van der Waals surface area contributed by atoms with E-state index in [1.165, 1.54) is 51.4 Å². The molecule has 1 amide bonds. The van der Waals surface area contributed by atoms with E-state index < -0.39 is 65.4 Å². The van der Waals surface area contributed by atoms with Crippen LogP contribution >= 0.6 is 0 Å². The Morgan fingerprint density at radius 3 is 1.79 bits per heavy atom. The molecule has 13 heteroatoms. The van der Waals surface area contributed by atoms with E-state index in [1.807, 2.05) is 0 Å². The highest BCUT2D eigenvalue weighted by Crippen LogP contribution is 2.25. The second-order valence-electron chi connectivity index (χ2n) is 15.9. The minimum Gasteiger partial charge on any atom is -0.394 e. The molecule has 0 unspecified atom stereocenters. The molecule has 0 aromatic carbocycles. The van der Waals surface area contributed by atoms with Gasteiger partial charge in [0.15, 0.2) is 6.29 Å². The van der Waals surface area contributed by atoms with Crippen molar-refractivity contribution in [3.05, 3.63) is 0 Å². The van der Waals surface area contributed by atoms with Crippen molar-refractivity contribution in [3.63, 3.8) is 0 Å². The molecule has 0 saturated carbocycles. The van der Waals surface area contributed by atoms with Gasteiger partial charge in [0.05, 0.1) is 36.9 Å². The summed E-state index contributed by atoms with van der Waals surface area (Å²) >= 11 is 0. The Labute approximate surface area is 320 Å². The maximum atomic E-state index is 13.0. The Morgan fingerprint density at radius 1 is 0.736 bits per heavy atom. The second kappa shape index (κ2) is 28.5. The molecule has 53 heavy (non-hydrogen) atoms. The van der Waals surface area contributed by atoms with Gasteiger partial charge in [0.2, 0.25) is 5.91 Å². The molecule has 2 saturated heterocycles. The molecule has 0 aliphatic carbocycles. The maximum Gasteiger partial charge on any atom is 0.220 e. The van der Waals surface area contributed by atoms with Crippen molar-refractivity contribution in [2.24, 2.45) is 5.92 Å². The van der Waals surface area contributed by atoms with E-state index in [-0.39, 0.29) is 18.9 Å². The quantitative estimate of drug-likeness (QED) is 0.0476. The SMILES string of the molecule is CCCCCCCCCCCCCC[C@@H](O)[C@@H](O)[C@H](CO[C@H]1O[C@H](CO)[C@H](O)[C@H](O)[C@H]1O)NC(=O)CCCCCCCCCCC1CCS(=O)(=O)CC1. The predicted molar refractivity (Wildman–Crippen MR) is 207 cm³/mol. The van der Waals surface area contributed by atoms with Crippen molar-refractivity contribution in [2.75, 3.05) is 24.7 Å². The molecule has 2 aliphatic heterocycles. The number of nitrogens with one attached hydrogen (secondary N) is 1. The van der Waals surface area contributed by atoms with Crippen LogP contribution in [0.3, 0.4) is 0 Å². The highest BCUT2D eigenvalue weighted by atomic mass is 32.2. The molecule has 7 N–H and O–H groups in total. The van der Waals surface area contributed by atoms with Gasteiger partial charge in [-0.1, -0.05) is 135 Å². The molecule has 314 valence electrons. The molecule has 0 radical (unpaired) electrons. The van der Waals surface area contributed by atoms with E-state index in [9.17, 15) is 43.9 Å². The molecule has 2 heterocycles. The van der Waals surface area contributed by atoms with Crippen LogP contribution in [0.2, 0.25) is 0 Å². The predicted octanol–water partition coefficient (Wildman–Crippen LogP) is 4.83. The van der Waals surface area contributed by atoms with Crippen LogP contribution in [0.1, 0.15) is 167 Å². The van der Waals surface area contributed by atoms with E-state index in [1.54, 1.807) is 0 Å². The molecule has 0 aromatic heterocycles. The van der Waals surface area contributed by atoms with E-state index in [2.05, 4.69) is 12.2 Å². The summed E-state index contributed by atoms with van der Waals surface area (Å²) in [5.41, 5.74) is 0. The van der Waals surface area contributed by atoms with Crippen LogP contribution in [0.5, 0.6) is 0 Å². The second-order valence-corrected chi connectivity index (χ2v) is 18.2. The average molecular weight is 780 g/mol. The monoisotopic (exact) mass is 780 g/mol. The lowest BCUT2D eigenvalue weighted by molar-refractivity contribution is -0.303. The van der Waals surface area contributed by atoms with Crippen LogP contribution in [0.4, 0.5) is 0 Å². The molecule has 0 aromatic rings. The van der Waals surface area contributed by atoms with Crippen molar-refractivity contribution in [3.8, 4) is 0 Å². The van der Waals surface area contributed by atoms with Gasteiger partial charge in [-0.15, -0.1) is 0 Å². The molecular weight excluding hydrogens is 703 g/mol. The van der Waals surface area contributed by atoms with Gasteiger partial charge < -0.3 is 45.4 Å². The third-order valence-electron chi connectivity index (χ3n) is 11.2. The Bertz CT molecular complexity index is 1020. The summed E-state index contributed by atoms with van der Waals surface area (Å²) in [6.45, 7) is 1.29. The summed E-state index contributed by atoms with van der Waals surface area (Å²) in [7, 11) is -2.80. The Balaban J connectivity index is 1.70. The molecule has 0 spiro atoms. The number of carbonyl (C=O) groups is 1. The van der Waals surface area contributed by atoms with Crippen LogP contribution in [-0.2, 0) is 24.1 Å². The standard InChI is InChI=1S/C40H77NO11S/c1-2-3-4-5-6-7-8-9-10-14-17-20-23-33(43)36(45)32(30-51-40-39(48)38(47)37(46)34(29-42)52-40)41-35(44)24-21-18-15-12-11-13-16-19-22-31-25-27-53(49,50)28-26-31/h31-34,36-40,42-43,45-48H,2-30H2,1H3,(H,41,44)/t32-,33+,34+,36-,37-,38-,39+,40-/m0/s1. The zero-order valence-electron chi connectivity index (χ0n) is 32.8. The van der Waals surface area contributed by atoms with Crippen molar-refractivity contribution < 1.29 is 53.3 Å². The third kappa shape index (κ3) is 20.7. The fourth-order valence-corrected chi connectivity index (χ4v) is 9.14. The summed E-state index contributed by atoms with van der Waals surface area (Å²) in [6, 6.07) is -1.01.